The highest BCUT2D eigenvalue weighted by molar-refractivity contribution is 7.18. The Morgan fingerprint density at radius 1 is 1.11 bits per heavy atom. The van der Waals surface area contributed by atoms with E-state index >= 15 is 0 Å². The van der Waals surface area contributed by atoms with Crippen molar-refractivity contribution in [2.24, 2.45) is 11.5 Å². The molecular weight excluding hydrogens is 496 g/mol. The average Bonchev–Trinajstić information content (AvgIpc) is 3.45. The third kappa shape index (κ3) is 4.00. The molecule has 37 heavy (non-hydrogen) atoms. The maximum atomic E-state index is 14.4. The van der Waals surface area contributed by atoms with E-state index in [-0.39, 0.29) is 11.3 Å². The molecule has 6 rings (SSSR count). The average molecular weight is 520 g/mol. The number of halogens is 2. The van der Waals surface area contributed by atoms with Crippen LogP contribution < -0.4 is 16.4 Å². The monoisotopic (exact) mass is 519 g/mol. The van der Waals surface area contributed by atoms with Crippen molar-refractivity contribution in [1.29, 1.82) is 0 Å². The first-order chi connectivity index (χ1) is 17.7. The number of rotatable bonds is 4. The number of benzene rings is 2. The van der Waals surface area contributed by atoms with Gasteiger partial charge in [-0.05, 0) is 43.5 Å². The number of nitrogens with one attached hydrogen (secondary N) is 1. The number of primary amides is 1. The molecule has 1 aliphatic heterocycles. The number of nitrogens with two attached hydrogens (primary N) is 2. The molecule has 1 saturated heterocycles. The lowest BCUT2D eigenvalue weighted by Crippen LogP contribution is -2.49. The third-order valence-corrected chi connectivity index (χ3v) is 7.90. The first-order valence-electron chi connectivity index (χ1n) is 11.8. The van der Waals surface area contributed by atoms with E-state index in [0.717, 1.165) is 32.4 Å². The molecule has 3 aromatic heterocycles. The van der Waals surface area contributed by atoms with Gasteiger partial charge in [0, 0.05) is 42.0 Å². The highest BCUT2D eigenvalue weighted by atomic mass is 32.1. The van der Waals surface area contributed by atoms with E-state index in [2.05, 4.69) is 19.9 Å². The van der Waals surface area contributed by atoms with Crippen LogP contribution in [-0.4, -0.2) is 38.9 Å². The van der Waals surface area contributed by atoms with Crippen molar-refractivity contribution < 1.29 is 13.6 Å². The standard InChI is InChI=1S/C26H23F2N7OS/c1-13-32-19-5-2-14(10-20(19)37-13)16-12-31-24-21(16)22(23(29)36)33-25(34-24)35-8-6-26(30,7-9-35)17-4-3-15(27)11-18(17)28/h2-5,10-12H,6-9,30H2,1H3,(H2,29,36)(H,31,33,34). The van der Waals surface area contributed by atoms with E-state index in [0.29, 0.717) is 42.9 Å². The SMILES string of the molecule is Cc1nc2ccc(-c3c[nH]c4nc(N5CCC(N)(c6ccc(F)cc6F)CC5)nc(C(N)=O)c34)cc2s1. The number of aromatic nitrogens is 4. The Morgan fingerprint density at radius 3 is 2.62 bits per heavy atom. The van der Waals surface area contributed by atoms with Gasteiger partial charge in [0.25, 0.3) is 5.91 Å². The number of anilines is 1. The predicted octanol–water partition coefficient (Wildman–Crippen LogP) is 4.37. The molecule has 1 amide bonds. The van der Waals surface area contributed by atoms with Gasteiger partial charge in [-0.25, -0.2) is 18.7 Å². The van der Waals surface area contributed by atoms with Crippen molar-refractivity contribution in [2.45, 2.75) is 25.3 Å². The summed E-state index contributed by atoms with van der Waals surface area (Å²) >= 11 is 1.60. The number of aryl methyl sites for hydroxylation is 1. The summed E-state index contributed by atoms with van der Waals surface area (Å²) in [6.07, 6.45) is 2.59. The summed E-state index contributed by atoms with van der Waals surface area (Å²) in [7, 11) is 0. The minimum absolute atomic E-state index is 0.117. The van der Waals surface area contributed by atoms with Crippen molar-refractivity contribution in [3.63, 3.8) is 0 Å². The van der Waals surface area contributed by atoms with E-state index in [4.69, 9.17) is 11.5 Å². The van der Waals surface area contributed by atoms with Crippen LogP contribution in [0.15, 0.2) is 42.6 Å². The lowest BCUT2D eigenvalue weighted by atomic mass is 9.81. The van der Waals surface area contributed by atoms with Gasteiger partial charge >= 0.3 is 0 Å². The Kier molecular flexibility index (Phi) is 5.42. The van der Waals surface area contributed by atoms with Crippen LogP contribution in [0.1, 0.15) is 33.9 Å². The number of aromatic amines is 1. The maximum Gasteiger partial charge on any atom is 0.268 e. The number of carbonyl (C=O) groups excluding carboxylic acids is 1. The zero-order valence-electron chi connectivity index (χ0n) is 19.9. The zero-order valence-corrected chi connectivity index (χ0v) is 20.7. The first kappa shape index (κ1) is 23.4. The van der Waals surface area contributed by atoms with E-state index in [1.165, 1.54) is 12.1 Å². The van der Waals surface area contributed by atoms with Gasteiger partial charge in [0.1, 0.15) is 23.0 Å². The summed E-state index contributed by atoms with van der Waals surface area (Å²) in [5.74, 6) is -1.63. The van der Waals surface area contributed by atoms with E-state index in [1.807, 2.05) is 30.0 Å². The molecule has 188 valence electrons. The van der Waals surface area contributed by atoms with Gasteiger partial charge in [0.05, 0.1) is 20.6 Å². The number of nitrogens with zero attached hydrogens (tertiary/aromatic N) is 4. The fraction of sp³-hybridized carbons (Fsp3) is 0.231. The Balaban J connectivity index is 1.34. The second kappa shape index (κ2) is 8.56. The predicted molar refractivity (Wildman–Crippen MR) is 139 cm³/mol. The molecule has 0 spiro atoms. The van der Waals surface area contributed by atoms with Gasteiger partial charge in [-0.1, -0.05) is 12.1 Å². The van der Waals surface area contributed by atoms with Crippen LogP contribution in [0.25, 0.3) is 32.4 Å². The van der Waals surface area contributed by atoms with Crippen LogP contribution in [0.4, 0.5) is 14.7 Å². The van der Waals surface area contributed by atoms with Gasteiger partial charge in [0.2, 0.25) is 5.95 Å². The Hall–Kier alpha value is -3.96. The van der Waals surface area contributed by atoms with Crippen molar-refractivity contribution in [3.05, 3.63) is 70.5 Å². The molecule has 0 aliphatic carbocycles. The van der Waals surface area contributed by atoms with Gasteiger partial charge in [-0.3, -0.25) is 4.79 Å². The maximum absolute atomic E-state index is 14.4. The lowest BCUT2D eigenvalue weighted by molar-refractivity contribution is 0.0997. The molecule has 4 heterocycles. The fourth-order valence-electron chi connectivity index (χ4n) is 5.04. The number of H-pyrrole nitrogens is 1. The quantitative estimate of drug-likeness (QED) is 0.324. The lowest BCUT2D eigenvalue weighted by Gasteiger charge is -2.39. The van der Waals surface area contributed by atoms with Crippen molar-refractivity contribution >= 4 is 44.4 Å². The Bertz CT molecular complexity index is 1690. The molecule has 2 aromatic carbocycles. The van der Waals surface area contributed by atoms with Crippen LogP contribution in [-0.2, 0) is 5.54 Å². The molecule has 0 unspecified atom stereocenters. The molecule has 11 heteroatoms. The smallest absolute Gasteiger partial charge is 0.268 e. The highest BCUT2D eigenvalue weighted by Gasteiger charge is 2.36. The first-order valence-corrected chi connectivity index (χ1v) is 12.6. The minimum Gasteiger partial charge on any atom is -0.364 e. The van der Waals surface area contributed by atoms with Crippen molar-refractivity contribution in [1.82, 2.24) is 19.9 Å². The number of piperidine rings is 1. The topological polar surface area (TPSA) is 127 Å². The summed E-state index contributed by atoms with van der Waals surface area (Å²) in [4.78, 5) is 31.3. The number of fused-ring (bicyclic) bond motifs is 2. The molecule has 0 atom stereocenters. The molecule has 1 fully saturated rings. The van der Waals surface area contributed by atoms with Gasteiger partial charge in [-0.2, -0.15) is 4.98 Å². The minimum atomic E-state index is -0.946. The number of amides is 1. The number of hydrogen-bond acceptors (Lipinski definition) is 7. The zero-order chi connectivity index (χ0) is 25.9. The molecule has 0 radical (unpaired) electrons. The van der Waals surface area contributed by atoms with Gasteiger partial charge in [-0.15, -0.1) is 11.3 Å². The Morgan fingerprint density at radius 2 is 1.89 bits per heavy atom. The summed E-state index contributed by atoms with van der Waals surface area (Å²) < 4.78 is 28.9. The summed E-state index contributed by atoms with van der Waals surface area (Å²) in [6, 6.07) is 9.39. The molecular formula is C26H23F2N7OS. The second-order valence-electron chi connectivity index (χ2n) is 9.35. The van der Waals surface area contributed by atoms with Crippen LogP contribution in [0.2, 0.25) is 0 Å². The van der Waals surface area contributed by atoms with Gasteiger partial charge in [0.15, 0.2) is 0 Å². The number of thiazole rings is 1. The fourth-order valence-corrected chi connectivity index (χ4v) is 5.91. The van der Waals surface area contributed by atoms with E-state index < -0.39 is 23.1 Å². The molecule has 0 bridgehead atoms. The highest BCUT2D eigenvalue weighted by Crippen LogP contribution is 2.36. The van der Waals surface area contributed by atoms with Crippen LogP contribution in [0.3, 0.4) is 0 Å². The molecule has 0 saturated carbocycles. The summed E-state index contributed by atoms with van der Waals surface area (Å²) in [5, 5.41) is 1.53. The Labute approximate surface area is 214 Å². The van der Waals surface area contributed by atoms with Crippen molar-refractivity contribution in [2.75, 3.05) is 18.0 Å². The largest absolute Gasteiger partial charge is 0.364 e. The number of hydrogen-bond donors (Lipinski definition) is 3. The molecule has 5 aromatic rings. The number of carbonyl (C=O) groups is 1. The second-order valence-corrected chi connectivity index (χ2v) is 10.6. The normalized spacial score (nSPS) is 15.5. The summed E-state index contributed by atoms with van der Waals surface area (Å²) in [6.45, 7) is 2.81. The molecule has 1 aliphatic rings. The van der Waals surface area contributed by atoms with Gasteiger partial charge < -0.3 is 21.4 Å². The summed E-state index contributed by atoms with van der Waals surface area (Å²) in [5.41, 5.74) is 14.8. The molecule has 5 N–H and O–H groups in total. The third-order valence-electron chi connectivity index (χ3n) is 6.97. The van der Waals surface area contributed by atoms with Crippen LogP contribution in [0, 0.1) is 18.6 Å². The van der Waals surface area contributed by atoms with E-state index in [1.54, 1.807) is 17.5 Å². The molecule has 8 nitrogen and oxygen atoms in total. The van der Waals surface area contributed by atoms with Crippen LogP contribution >= 0.6 is 11.3 Å². The van der Waals surface area contributed by atoms with Crippen LogP contribution in [0.5, 0.6) is 0 Å². The van der Waals surface area contributed by atoms with Crippen molar-refractivity contribution in [3.8, 4) is 11.1 Å². The van der Waals surface area contributed by atoms with E-state index in [9.17, 15) is 13.6 Å².